The normalized spacial score (nSPS) is 20.5. The van der Waals surface area contributed by atoms with Crippen molar-refractivity contribution in [1.29, 1.82) is 0 Å². The van der Waals surface area contributed by atoms with E-state index < -0.39 is 0 Å². The molecule has 0 aromatic carbocycles. The van der Waals surface area contributed by atoms with Gasteiger partial charge in [-0.2, -0.15) is 0 Å². The molecule has 1 aliphatic rings. The van der Waals surface area contributed by atoms with Gasteiger partial charge in [-0.1, -0.05) is 6.58 Å². The molecule has 1 fully saturated rings. The van der Waals surface area contributed by atoms with Gasteiger partial charge in [0.1, 0.15) is 0 Å². The highest BCUT2D eigenvalue weighted by atomic mass is 16.1. The molecular weight excluding hydrogens is 140 g/mol. The molecule has 62 valence electrons. The maximum absolute atomic E-state index is 10.9. The van der Waals surface area contributed by atoms with E-state index in [1.165, 1.54) is 0 Å². The highest BCUT2D eigenvalue weighted by Crippen LogP contribution is 2.10. The summed E-state index contributed by atoms with van der Waals surface area (Å²) in [5.74, 6) is 0.310. The summed E-state index contributed by atoms with van der Waals surface area (Å²) < 4.78 is 0. The Kier molecular flexibility index (Phi) is 2.29. The highest BCUT2D eigenvalue weighted by molar-refractivity contribution is 5.81. The number of hydrogen-bond donors (Lipinski definition) is 0. The summed E-state index contributed by atoms with van der Waals surface area (Å²) in [4.78, 5) is 10.9. The summed E-state index contributed by atoms with van der Waals surface area (Å²) in [6, 6.07) is 0. The summed E-state index contributed by atoms with van der Waals surface area (Å²) in [5, 5.41) is 3.94. The lowest BCUT2D eigenvalue weighted by atomic mass is 10.2. The maximum Gasteiger partial charge on any atom is 0.150 e. The molecular formula is C8H14N2O. The monoisotopic (exact) mass is 154 g/mol. The third-order valence-electron chi connectivity index (χ3n) is 1.86. The number of ketones is 1. The Hall–Kier alpha value is -0.830. The molecule has 3 nitrogen and oxygen atoms in total. The number of allylic oxidation sites excluding steroid dienone is 1. The maximum atomic E-state index is 10.9. The first-order chi connectivity index (χ1) is 5.11. The number of hydrogen-bond acceptors (Lipinski definition) is 3. The van der Waals surface area contributed by atoms with Crippen LogP contribution >= 0.6 is 0 Å². The fraction of sp³-hybridized carbons (Fsp3) is 0.625. The van der Waals surface area contributed by atoms with Crippen LogP contribution < -0.4 is 0 Å². The summed E-state index contributed by atoms with van der Waals surface area (Å²) >= 11 is 0. The molecule has 0 amide bonds. The van der Waals surface area contributed by atoms with Crippen LogP contribution in [0.15, 0.2) is 12.3 Å². The van der Waals surface area contributed by atoms with E-state index >= 15 is 0 Å². The van der Waals surface area contributed by atoms with Gasteiger partial charge in [-0.15, -0.1) is 0 Å². The second kappa shape index (κ2) is 3.05. The van der Waals surface area contributed by atoms with Crippen molar-refractivity contribution in [3.63, 3.8) is 0 Å². The van der Waals surface area contributed by atoms with Gasteiger partial charge in [0.05, 0.1) is 6.54 Å². The number of Topliss-reactive ketones (excluding diaryl/α,β-unsaturated/α-hetero) is 1. The predicted octanol–water partition coefficient (Wildman–Crippen LogP) is 0.642. The van der Waals surface area contributed by atoms with Crippen LogP contribution in [0, 0.1) is 0 Å². The third-order valence-corrected chi connectivity index (χ3v) is 1.86. The Morgan fingerprint density at radius 2 is 2.27 bits per heavy atom. The van der Waals surface area contributed by atoms with Crippen molar-refractivity contribution in [3.05, 3.63) is 12.3 Å². The van der Waals surface area contributed by atoms with Crippen molar-refractivity contribution in [2.45, 2.75) is 13.3 Å². The van der Waals surface area contributed by atoms with Gasteiger partial charge in [0.2, 0.25) is 0 Å². The quantitative estimate of drug-likeness (QED) is 0.554. The van der Waals surface area contributed by atoms with E-state index in [1.807, 2.05) is 24.0 Å². The SMILES string of the molecule is C=C(C)N1CCC(=O)CN1C. The lowest BCUT2D eigenvalue weighted by Gasteiger charge is -2.36. The summed E-state index contributed by atoms with van der Waals surface area (Å²) in [6.07, 6.45) is 0.650. The average molecular weight is 154 g/mol. The van der Waals surface area contributed by atoms with Gasteiger partial charge in [0, 0.05) is 25.7 Å². The molecule has 0 aliphatic carbocycles. The van der Waals surface area contributed by atoms with E-state index in [4.69, 9.17) is 0 Å². The summed E-state index contributed by atoms with van der Waals surface area (Å²) in [7, 11) is 1.91. The summed E-state index contributed by atoms with van der Waals surface area (Å²) in [5.41, 5.74) is 1.00. The summed E-state index contributed by atoms with van der Waals surface area (Å²) in [6.45, 7) is 7.08. The third kappa shape index (κ3) is 1.80. The topological polar surface area (TPSA) is 23.6 Å². The van der Waals surface area contributed by atoms with Crippen LogP contribution in [0.25, 0.3) is 0 Å². The minimum absolute atomic E-state index is 0.310. The molecule has 0 N–H and O–H groups in total. The Balaban J connectivity index is 2.57. The first kappa shape index (κ1) is 8.27. The Morgan fingerprint density at radius 3 is 2.73 bits per heavy atom. The van der Waals surface area contributed by atoms with E-state index in [9.17, 15) is 4.79 Å². The number of carbonyl (C=O) groups is 1. The van der Waals surface area contributed by atoms with Gasteiger partial charge in [-0.25, -0.2) is 5.01 Å². The van der Waals surface area contributed by atoms with Gasteiger partial charge >= 0.3 is 0 Å². The molecule has 1 aliphatic heterocycles. The zero-order chi connectivity index (χ0) is 8.43. The van der Waals surface area contributed by atoms with Gasteiger partial charge < -0.3 is 5.01 Å². The van der Waals surface area contributed by atoms with Gasteiger partial charge in [-0.05, 0) is 6.92 Å². The molecule has 1 saturated heterocycles. The second-order valence-electron chi connectivity index (χ2n) is 2.96. The van der Waals surface area contributed by atoms with Crippen LogP contribution in [0.5, 0.6) is 0 Å². The van der Waals surface area contributed by atoms with Crippen LogP contribution in [0.3, 0.4) is 0 Å². The molecule has 11 heavy (non-hydrogen) atoms. The average Bonchev–Trinajstić information content (AvgIpc) is 1.85. The molecule has 1 heterocycles. The lowest BCUT2D eigenvalue weighted by Crippen LogP contribution is -2.46. The van der Waals surface area contributed by atoms with Gasteiger partial charge in [0.15, 0.2) is 5.78 Å². The fourth-order valence-corrected chi connectivity index (χ4v) is 1.30. The predicted molar refractivity (Wildman–Crippen MR) is 43.8 cm³/mol. The molecule has 0 aromatic heterocycles. The van der Waals surface area contributed by atoms with E-state index in [1.54, 1.807) is 0 Å². The molecule has 0 aromatic rings. The zero-order valence-corrected chi connectivity index (χ0v) is 7.13. The second-order valence-corrected chi connectivity index (χ2v) is 2.96. The van der Waals surface area contributed by atoms with E-state index in [0.29, 0.717) is 18.7 Å². The molecule has 0 saturated carbocycles. The Labute approximate surface area is 67.2 Å². The van der Waals surface area contributed by atoms with Crippen molar-refractivity contribution in [2.75, 3.05) is 20.1 Å². The van der Waals surface area contributed by atoms with E-state index in [-0.39, 0.29) is 0 Å². The smallest absolute Gasteiger partial charge is 0.150 e. The largest absolute Gasteiger partial charge is 0.310 e. The molecule has 3 heteroatoms. The fourth-order valence-electron chi connectivity index (χ4n) is 1.30. The minimum Gasteiger partial charge on any atom is -0.310 e. The van der Waals surface area contributed by atoms with Crippen LogP contribution in [0.4, 0.5) is 0 Å². The number of hydrazine groups is 1. The van der Waals surface area contributed by atoms with E-state index in [2.05, 4.69) is 6.58 Å². The first-order valence-corrected chi connectivity index (χ1v) is 3.77. The lowest BCUT2D eigenvalue weighted by molar-refractivity contribution is -0.129. The number of rotatable bonds is 1. The Bertz CT molecular complexity index is 189. The number of likely N-dealkylation sites (N-methyl/N-ethyl adjacent to an activating group) is 1. The Morgan fingerprint density at radius 1 is 1.64 bits per heavy atom. The van der Waals surface area contributed by atoms with Crippen LogP contribution in [0.2, 0.25) is 0 Å². The molecule has 1 rings (SSSR count). The van der Waals surface area contributed by atoms with Crippen molar-refractivity contribution in [3.8, 4) is 0 Å². The minimum atomic E-state index is 0.310. The number of carbonyl (C=O) groups excluding carboxylic acids is 1. The standard InChI is InChI=1S/C8H14N2O/c1-7(2)10-5-4-8(11)6-9(10)3/h1,4-6H2,2-3H3. The van der Waals surface area contributed by atoms with Gasteiger partial charge in [0.25, 0.3) is 0 Å². The van der Waals surface area contributed by atoms with E-state index in [0.717, 1.165) is 12.2 Å². The highest BCUT2D eigenvalue weighted by Gasteiger charge is 2.20. The van der Waals surface area contributed by atoms with Crippen molar-refractivity contribution < 1.29 is 4.79 Å². The number of nitrogens with zero attached hydrogens (tertiary/aromatic N) is 2. The molecule has 0 atom stereocenters. The van der Waals surface area contributed by atoms with Crippen LogP contribution in [0.1, 0.15) is 13.3 Å². The molecule has 0 bridgehead atoms. The first-order valence-electron chi connectivity index (χ1n) is 3.77. The zero-order valence-electron chi connectivity index (χ0n) is 7.13. The molecule has 0 radical (unpaired) electrons. The molecule has 0 spiro atoms. The van der Waals surface area contributed by atoms with Crippen molar-refractivity contribution in [1.82, 2.24) is 10.0 Å². The van der Waals surface area contributed by atoms with Crippen LogP contribution in [-0.4, -0.2) is 35.9 Å². The van der Waals surface area contributed by atoms with Crippen molar-refractivity contribution >= 4 is 5.78 Å². The van der Waals surface area contributed by atoms with Crippen LogP contribution in [-0.2, 0) is 4.79 Å². The van der Waals surface area contributed by atoms with Gasteiger partial charge in [-0.3, -0.25) is 4.79 Å². The molecule has 0 unspecified atom stereocenters. The van der Waals surface area contributed by atoms with Crippen molar-refractivity contribution in [2.24, 2.45) is 0 Å².